The van der Waals surface area contributed by atoms with Crippen LogP contribution in [-0.4, -0.2) is 24.6 Å². The average molecular weight is 416 g/mol. The fourth-order valence-corrected chi connectivity index (χ4v) is 2.88. The minimum Gasteiger partial charge on any atom is -0.389 e. The van der Waals surface area contributed by atoms with Crippen molar-refractivity contribution in [2.45, 2.75) is 25.2 Å². The predicted molar refractivity (Wildman–Crippen MR) is 97.8 cm³/mol. The van der Waals surface area contributed by atoms with E-state index in [0.29, 0.717) is 24.1 Å². The summed E-state index contributed by atoms with van der Waals surface area (Å²) < 4.78 is 6.25. The van der Waals surface area contributed by atoms with Gasteiger partial charge >= 0.3 is 0 Å². The van der Waals surface area contributed by atoms with Gasteiger partial charge in [0.25, 0.3) is 0 Å². The Hall–Kier alpha value is -1.54. The van der Waals surface area contributed by atoms with Crippen LogP contribution in [0.3, 0.4) is 0 Å². The molecule has 24 heavy (non-hydrogen) atoms. The molecule has 1 aromatic carbocycles. The molecular weight excluding hydrogens is 396 g/mol. The normalized spacial score (nSPS) is 22.2. The number of nitrogens with one attached hydrogen (secondary N) is 2. The Morgan fingerprint density at radius 3 is 2.79 bits per heavy atom. The lowest BCUT2D eigenvalue weighted by molar-refractivity contribution is -0.122. The van der Waals surface area contributed by atoms with Gasteiger partial charge in [0, 0.05) is 6.54 Å². The van der Waals surface area contributed by atoms with Crippen LogP contribution in [0.4, 0.5) is 0 Å². The molecular formula is C16H20BrClN4O2. The first-order chi connectivity index (χ1) is 11.5. The van der Waals surface area contributed by atoms with E-state index in [1.165, 1.54) is 6.08 Å². The van der Waals surface area contributed by atoms with Crippen molar-refractivity contribution in [3.63, 3.8) is 0 Å². The van der Waals surface area contributed by atoms with Gasteiger partial charge in [-0.05, 0) is 34.0 Å². The van der Waals surface area contributed by atoms with E-state index in [2.05, 4.69) is 26.6 Å². The number of hydrogen-bond acceptors (Lipinski definition) is 5. The van der Waals surface area contributed by atoms with Crippen molar-refractivity contribution < 1.29 is 9.53 Å². The molecule has 2 rings (SSSR count). The Bertz CT molecular complexity index is 632. The highest BCUT2D eigenvalue weighted by Crippen LogP contribution is 2.15. The summed E-state index contributed by atoms with van der Waals surface area (Å²) in [5.41, 5.74) is 12.2. The third-order valence-electron chi connectivity index (χ3n) is 3.52. The molecule has 1 amide bonds. The number of allylic oxidation sites excluding steroid dienone is 2. The lowest BCUT2D eigenvalue weighted by atomic mass is 10.2. The maximum atomic E-state index is 12.2. The van der Waals surface area contributed by atoms with Gasteiger partial charge in [-0.1, -0.05) is 41.9 Å². The van der Waals surface area contributed by atoms with Crippen LogP contribution in [0.25, 0.3) is 0 Å². The number of rotatable bonds is 6. The molecule has 1 aliphatic rings. The summed E-state index contributed by atoms with van der Waals surface area (Å²) in [6.07, 6.45) is 1.97. The smallest absolute Gasteiger partial charge is 0.242 e. The highest BCUT2D eigenvalue weighted by atomic mass is 79.9. The Morgan fingerprint density at radius 2 is 2.12 bits per heavy atom. The average Bonchev–Trinajstić information content (AvgIpc) is 3.02. The van der Waals surface area contributed by atoms with E-state index in [4.69, 9.17) is 27.8 Å². The molecule has 0 bridgehead atoms. The van der Waals surface area contributed by atoms with Crippen molar-refractivity contribution in [2.24, 2.45) is 11.5 Å². The number of hydrogen-bond donors (Lipinski definition) is 4. The Labute approximate surface area is 154 Å². The summed E-state index contributed by atoms with van der Waals surface area (Å²) in [6, 6.07) is 9.55. The molecule has 0 aliphatic carbocycles. The van der Waals surface area contributed by atoms with Crippen molar-refractivity contribution in [2.75, 3.05) is 6.54 Å². The van der Waals surface area contributed by atoms with Crippen molar-refractivity contribution >= 4 is 33.4 Å². The molecule has 0 saturated carbocycles. The molecule has 2 unspecified atom stereocenters. The number of halogens is 2. The molecule has 130 valence electrons. The van der Waals surface area contributed by atoms with Gasteiger partial charge in [0.05, 0.1) is 23.2 Å². The van der Waals surface area contributed by atoms with Crippen molar-refractivity contribution in [1.29, 1.82) is 0 Å². The van der Waals surface area contributed by atoms with Gasteiger partial charge in [0.15, 0.2) is 0 Å². The maximum absolute atomic E-state index is 12.2. The Morgan fingerprint density at radius 1 is 1.42 bits per heavy atom. The number of benzene rings is 1. The molecule has 1 heterocycles. The third kappa shape index (κ3) is 5.83. The molecule has 1 aliphatic heterocycles. The molecule has 0 aromatic heterocycles. The number of ether oxygens (including phenoxy) is 1. The molecule has 6 N–H and O–H groups in total. The summed E-state index contributed by atoms with van der Waals surface area (Å²) in [6.45, 7) is 1.14. The largest absolute Gasteiger partial charge is 0.389 e. The topological polar surface area (TPSA) is 102 Å². The van der Waals surface area contributed by atoms with Crippen LogP contribution in [0.1, 0.15) is 12.0 Å². The number of nitrogens with two attached hydrogens (primary N) is 2. The van der Waals surface area contributed by atoms with Gasteiger partial charge in [-0.15, -0.1) is 0 Å². The van der Waals surface area contributed by atoms with E-state index < -0.39 is 0 Å². The molecule has 0 spiro atoms. The first-order valence-corrected chi connectivity index (χ1v) is 8.60. The molecule has 0 radical (unpaired) electrons. The quantitative estimate of drug-likeness (QED) is 0.418. The van der Waals surface area contributed by atoms with Crippen molar-refractivity contribution in [3.8, 4) is 0 Å². The summed E-state index contributed by atoms with van der Waals surface area (Å²) in [4.78, 5) is 12.2. The van der Waals surface area contributed by atoms with Crippen molar-refractivity contribution in [3.05, 3.63) is 57.4 Å². The van der Waals surface area contributed by atoms with Crippen LogP contribution in [0.2, 0.25) is 0 Å². The predicted octanol–water partition coefficient (Wildman–Crippen LogP) is 1.61. The lowest BCUT2D eigenvalue weighted by Crippen LogP contribution is -2.41. The Balaban J connectivity index is 1.82. The van der Waals surface area contributed by atoms with E-state index in [1.807, 2.05) is 30.3 Å². The van der Waals surface area contributed by atoms with Crippen LogP contribution >= 0.6 is 27.5 Å². The minimum absolute atomic E-state index is 0.0204. The summed E-state index contributed by atoms with van der Waals surface area (Å²) >= 11 is 8.76. The zero-order valence-corrected chi connectivity index (χ0v) is 15.3. The molecule has 2 atom stereocenters. The van der Waals surface area contributed by atoms with Crippen LogP contribution in [0.5, 0.6) is 0 Å². The third-order valence-corrected chi connectivity index (χ3v) is 4.28. The van der Waals surface area contributed by atoms with E-state index in [9.17, 15) is 4.79 Å². The van der Waals surface area contributed by atoms with Crippen LogP contribution < -0.4 is 22.1 Å². The van der Waals surface area contributed by atoms with Gasteiger partial charge in [-0.3, -0.25) is 4.79 Å². The first kappa shape index (κ1) is 18.8. The van der Waals surface area contributed by atoms with Gasteiger partial charge < -0.3 is 26.8 Å². The first-order valence-electron chi connectivity index (χ1n) is 7.43. The van der Waals surface area contributed by atoms with Crippen LogP contribution in [0.15, 0.2) is 51.9 Å². The van der Waals surface area contributed by atoms with Gasteiger partial charge in [0.1, 0.15) is 11.0 Å². The van der Waals surface area contributed by atoms with Gasteiger partial charge in [-0.25, -0.2) is 0 Å². The van der Waals surface area contributed by atoms with Gasteiger partial charge in [0.2, 0.25) is 5.91 Å². The SMILES string of the molecule is N/C(NC(=O)C1CC(OCc2ccccc2)CN1)=C(Br)\C=C(/N)Cl. The molecule has 1 saturated heterocycles. The van der Waals surface area contributed by atoms with E-state index >= 15 is 0 Å². The van der Waals surface area contributed by atoms with E-state index in [0.717, 1.165) is 5.56 Å². The van der Waals surface area contributed by atoms with E-state index in [-0.39, 0.29) is 29.0 Å². The Kier molecular flexibility index (Phi) is 7.11. The standard InChI is InChI=1S/C16H20BrClN4O2/c17-12(7-14(18)19)15(20)22-16(23)13-6-11(8-21-13)24-9-10-4-2-1-3-5-10/h1-5,7,11,13,21H,6,8-9,19-20H2,(H,22,23)/b14-7-,15-12-. The summed E-state index contributed by atoms with van der Waals surface area (Å²) in [7, 11) is 0. The molecule has 1 fully saturated rings. The highest BCUT2D eigenvalue weighted by molar-refractivity contribution is 9.11. The number of amides is 1. The molecule has 8 heteroatoms. The van der Waals surface area contributed by atoms with Crippen molar-refractivity contribution in [1.82, 2.24) is 10.6 Å². The molecule has 1 aromatic rings. The number of carbonyl (C=O) groups excluding carboxylic acids is 1. The summed E-state index contributed by atoms with van der Waals surface area (Å²) in [5, 5.41) is 5.81. The second-order valence-electron chi connectivity index (χ2n) is 5.40. The van der Waals surface area contributed by atoms with E-state index in [1.54, 1.807) is 0 Å². The van der Waals surface area contributed by atoms with Crippen LogP contribution in [-0.2, 0) is 16.1 Å². The molecule has 6 nitrogen and oxygen atoms in total. The monoisotopic (exact) mass is 414 g/mol. The minimum atomic E-state index is -0.359. The zero-order valence-electron chi connectivity index (χ0n) is 13.0. The van der Waals surface area contributed by atoms with Gasteiger partial charge in [-0.2, -0.15) is 0 Å². The lowest BCUT2D eigenvalue weighted by Gasteiger charge is -2.13. The fraction of sp³-hybridized carbons (Fsp3) is 0.312. The highest BCUT2D eigenvalue weighted by Gasteiger charge is 2.30. The summed E-state index contributed by atoms with van der Waals surface area (Å²) in [5.74, 6) is -0.0733. The second kappa shape index (κ2) is 9.08. The zero-order chi connectivity index (χ0) is 17.5. The fourth-order valence-electron chi connectivity index (χ4n) is 2.30. The van der Waals surface area contributed by atoms with Crippen LogP contribution in [0, 0.1) is 0 Å². The second-order valence-corrected chi connectivity index (χ2v) is 6.69. The maximum Gasteiger partial charge on any atom is 0.242 e. The number of carbonyl (C=O) groups is 1.